The van der Waals surface area contributed by atoms with E-state index in [2.05, 4.69) is 0 Å². The minimum Gasteiger partial charge on any atom is -0.479 e. The number of fused-ring (bicyclic) bond motifs is 1. The molecular formula is C16H20O11. The highest BCUT2D eigenvalue weighted by Gasteiger charge is 2.48. The lowest BCUT2D eigenvalue weighted by Crippen LogP contribution is -2.61. The van der Waals surface area contributed by atoms with Gasteiger partial charge in [-0.05, 0) is 24.6 Å². The van der Waals surface area contributed by atoms with Crippen molar-refractivity contribution < 1.29 is 50.1 Å². The first-order valence-corrected chi connectivity index (χ1v) is 7.41. The predicted molar refractivity (Wildman–Crippen MR) is 89.4 cm³/mol. The Hall–Kier alpha value is -2.54. The van der Waals surface area contributed by atoms with Gasteiger partial charge >= 0.3 is 11.6 Å². The number of aliphatic hydroxyl groups excluding tert-OH is 3. The Bertz CT molecular complexity index is 861. The fourth-order valence-corrected chi connectivity index (χ4v) is 2.66. The van der Waals surface area contributed by atoms with E-state index < -0.39 is 42.3 Å². The summed E-state index contributed by atoms with van der Waals surface area (Å²) >= 11 is 0. The van der Waals surface area contributed by atoms with Crippen LogP contribution in [0.5, 0.6) is 5.75 Å². The third-order valence-corrected chi connectivity index (χ3v) is 3.99. The number of benzene rings is 1. The summed E-state index contributed by atoms with van der Waals surface area (Å²) in [5.74, 6) is -1.38. The van der Waals surface area contributed by atoms with Gasteiger partial charge in [0.2, 0.25) is 6.29 Å². The van der Waals surface area contributed by atoms with Crippen LogP contribution in [0.2, 0.25) is 0 Å². The van der Waals surface area contributed by atoms with Crippen molar-refractivity contribution in [2.45, 2.75) is 37.6 Å². The van der Waals surface area contributed by atoms with Gasteiger partial charge in [0, 0.05) is 17.5 Å². The van der Waals surface area contributed by atoms with E-state index in [0.29, 0.717) is 10.9 Å². The second-order valence-corrected chi connectivity index (χ2v) is 5.76. The molecule has 0 amide bonds. The molecule has 1 aliphatic rings. The maximum absolute atomic E-state index is 11.5. The number of carboxylic acid groups (broad SMARTS) is 1. The van der Waals surface area contributed by atoms with Crippen LogP contribution >= 0.6 is 0 Å². The number of hydrogen-bond acceptors (Lipinski definition) is 8. The highest BCUT2D eigenvalue weighted by atomic mass is 16.7. The molecule has 27 heavy (non-hydrogen) atoms. The van der Waals surface area contributed by atoms with Crippen molar-refractivity contribution >= 4 is 16.9 Å². The lowest BCUT2D eigenvalue weighted by molar-refractivity contribution is -0.271. The number of hydrogen-bond donors (Lipinski definition) is 4. The Balaban J connectivity index is 0.00000182. The predicted octanol–water partition coefficient (Wildman–Crippen LogP) is -2.28. The van der Waals surface area contributed by atoms with Gasteiger partial charge in [-0.3, -0.25) is 0 Å². The first-order valence-electron chi connectivity index (χ1n) is 7.41. The third kappa shape index (κ3) is 4.24. The van der Waals surface area contributed by atoms with Gasteiger partial charge in [-0.15, -0.1) is 0 Å². The van der Waals surface area contributed by atoms with Gasteiger partial charge in [0.1, 0.15) is 29.6 Å². The molecule has 0 bridgehead atoms. The highest BCUT2D eigenvalue weighted by Crippen LogP contribution is 2.27. The first-order chi connectivity index (χ1) is 11.8. The van der Waals surface area contributed by atoms with E-state index in [1.54, 1.807) is 13.0 Å². The molecule has 0 saturated carbocycles. The Labute approximate surface area is 151 Å². The lowest BCUT2D eigenvalue weighted by Gasteiger charge is -2.38. The quantitative estimate of drug-likeness (QED) is 0.417. The van der Waals surface area contributed by atoms with Gasteiger partial charge < -0.3 is 45.3 Å². The summed E-state index contributed by atoms with van der Waals surface area (Å²) in [7, 11) is 0. The van der Waals surface area contributed by atoms with Crippen LogP contribution in [-0.2, 0) is 9.53 Å². The van der Waals surface area contributed by atoms with Gasteiger partial charge in [-0.1, -0.05) is 0 Å². The van der Waals surface area contributed by atoms with Gasteiger partial charge in [-0.2, -0.15) is 0 Å². The van der Waals surface area contributed by atoms with Crippen LogP contribution in [0.3, 0.4) is 0 Å². The lowest BCUT2D eigenvalue weighted by atomic mass is 9.99. The Morgan fingerprint density at radius 2 is 1.74 bits per heavy atom. The van der Waals surface area contributed by atoms with Crippen molar-refractivity contribution in [2.75, 3.05) is 0 Å². The monoisotopic (exact) mass is 388 g/mol. The SMILES string of the molecule is Cc1cc(=O)oc2cc(O[C@@H]3OC(C(=O)O)[C@@H](O)[C@@H](O)[C@H]3O)ccc12.O.O. The fourth-order valence-electron chi connectivity index (χ4n) is 2.66. The van der Waals surface area contributed by atoms with E-state index in [-0.39, 0.29) is 22.3 Å². The molecule has 150 valence electrons. The molecule has 11 heteroatoms. The normalized spacial score (nSPS) is 27.3. The zero-order valence-corrected chi connectivity index (χ0v) is 14.0. The molecule has 11 nitrogen and oxygen atoms in total. The zero-order valence-electron chi connectivity index (χ0n) is 14.0. The molecular weight excluding hydrogens is 368 g/mol. The molecule has 1 aromatic heterocycles. The van der Waals surface area contributed by atoms with Gasteiger partial charge in [0.05, 0.1) is 0 Å². The van der Waals surface area contributed by atoms with E-state index in [9.17, 15) is 24.9 Å². The summed E-state index contributed by atoms with van der Waals surface area (Å²) in [6.07, 6.45) is -8.53. The van der Waals surface area contributed by atoms with E-state index in [4.69, 9.17) is 19.0 Å². The first kappa shape index (κ1) is 22.5. The van der Waals surface area contributed by atoms with E-state index in [0.717, 1.165) is 0 Å². The minimum atomic E-state index is -1.80. The molecule has 0 spiro atoms. The molecule has 1 fully saturated rings. The van der Waals surface area contributed by atoms with Crippen molar-refractivity contribution in [2.24, 2.45) is 0 Å². The second-order valence-electron chi connectivity index (χ2n) is 5.76. The smallest absolute Gasteiger partial charge is 0.336 e. The summed E-state index contributed by atoms with van der Waals surface area (Å²) in [5, 5.41) is 39.1. The fraction of sp³-hybridized carbons (Fsp3) is 0.375. The molecule has 3 rings (SSSR count). The second kappa shape index (κ2) is 8.43. The molecule has 1 aliphatic heterocycles. The van der Waals surface area contributed by atoms with Crippen molar-refractivity contribution in [3.8, 4) is 5.75 Å². The van der Waals surface area contributed by atoms with Crippen LogP contribution in [0.4, 0.5) is 0 Å². The Morgan fingerprint density at radius 3 is 2.37 bits per heavy atom. The van der Waals surface area contributed by atoms with Crippen LogP contribution in [-0.4, -0.2) is 68.1 Å². The molecule has 0 aliphatic carbocycles. The van der Waals surface area contributed by atoms with Crippen LogP contribution in [0.25, 0.3) is 11.0 Å². The number of aliphatic hydroxyl groups is 3. The summed E-state index contributed by atoms with van der Waals surface area (Å²) in [6.45, 7) is 1.74. The van der Waals surface area contributed by atoms with E-state index in [1.165, 1.54) is 18.2 Å². The number of carboxylic acids is 1. The summed E-state index contributed by atoms with van der Waals surface area (Å²) in [5.41, 5.74) is 0.403. The average molecular weight is 388 g/mol. The number of ether oxygens (including phenoxy) is 2. The molecule has 2 aromatic rings. The molecule has 5 atom stereocenters. The number of rotatable bonds is 3. The molecule has 0 radical (unpaired) electrons. The van der Waals surface area contributed by atoms with Crippen LogP contribution in [0.1, 0.15) is 5.56 Å². The topological polar surface area (TPSA) is 210 Å². The largest absolute Gasteiger partial charge is 0.479 e. The number of aliphatic carboxylic acids is 1. The minimum absolute atomic E-state index is 0. The van der Waals surface area contributed by atoms with Gasteiger partial charge in [-0.25, -0.2) is 9.59 Å². The van der Waals surface area contributed by atoms with Crippen molar-refractivity contribution in [3.63, 3.8) is 0 Å². The van der Waals surface area contributed by atoms with E-state index in [1.807, 2.05) is 0 Å². The van der Waals surface area contributed by atoms with Crippen molar-refractivity contribution in [3.05, 3.63) is 40.2 Å². The van der Waals surface area contributed by atoms with Crippen LogP contribution < -0.4 is 10.4 Å². The average Bonchev–Trinajstić information content (AvgIpc) is 2.54. The highest BCUT2D eigenvalue weighted by molar-refractivity contribution is 5.81. The zero-order chi connectivity index (χ0) is 18.3. The number of aryl methyl sites for hydroxylation is 1. The van der Waals surface area contributed by atoms with Crippen LogP contribution in [0, 0.1) is 6.92 Å². The molecule has 2 heterocycles. The molecule has 1 aromatic carbocycles. The maximum Gasteiger partial charge on any atom is 0.336 e. The maximum atomic E-state index is 11.5. The van der Waals surface area contributed by atoms with E-state index >= 15 is 0 Å². The van der Waals surface area contributed by atoms with Crippen LogP contribution in [0.15, 0.2) is 33.5 Å². The molecule has 1 unspecified atom stereocenters. The standard InChI is InChI=1S/C16H16O9.2H2O/c1-6-4-10(17)24-9-5-7(2-3-8(6)9)23-16-13(20)11(18)12(19)14(25-16)15(21)22;;/h2-5,11-14,16,18-20H,1H3,(H,21,22);2*1H2/t11-,12+,13-,14?,16-;;/m1../s1. The van der Waals surface area contributed by atoms with Gasteiger partial charge in [0.25, 0.3) is 0 Å². The summed E-state index contributed by atoms with van der Waals surface area (Å²) in [6, 6.07) is 5.86. The van der Waals surface area contributed by atoms with Gasteiger partial charge in [0.15, 0.2) is 6.10 Å². The van der Waals surface area contributed by atoms with Crippen molar-refractivity contribution in [1.29, 1.82) is 0 Å². The summed E-state index contributed by atoms with van der Waals surface area (Å²) < 4.78 is 15.5. The molecule has 1 saturated heterocycles. The summed E-state index contributed by atoms with van der Waals surface area (Å²) in [4.78, 5) is 22.5. The third-order valence-electron chi connectivity index (χ3n) is 3.99. The number of carbonyl (C=O) groups is 1. The Kier molecular flexibility index (Phi) is 7.03. The Morgan fingerprint density at radius 1 is 1.07 bits per heavy atom. The van der Waals surface area contributed by atoms with Crippen molar-refractivity contribution in [1.82, 2.24) is 0 Å². The molecule has 8 N–H and O–H groups in total.